The van der Waals surface area contributed by atoms with Gasteiger partial charge in [-0.25, -0.2) is 4.79 Å². The molecule has 0 bridgehead atoms. The van der Waals surface area contributed by atoms with Gasteiger partial charge >= 0.3 is 6.03 Å². The van der Waals surface area contributed by atoms with E-state index >= 15 is 0 Å². The Morgan fingerprint density at radius 3 is 2.74 bits per heavy atom. The first-order valence-electron chi connectivity index (χ1n) is 6.65. The molecule has 4 amide bonds. The van der Waals surface area contributed by atoms with E-state index in [4.69, 9.17) is 0 Å². The monoisotopic (exact) mass is 271 g/mol. The lowest BCUT2D eigenvalue weighted by molar-refractivity contribution is -0.886. The van der Waals surface area contributed by atoms with Crippen LogP contribution in [0.5, 0.6) is 0 Å². The summed E-state index contributed by atoms with van der Waals surface area (Å²) in [5.41, 5.74) is 0. The van der Waals surface area contributed by atoms with Crippen LogP contribution in [0.1, 0.15) is 20.3 Å². The molecule has 0 spiro atoms. The van der Waals surface area contributed by atoms with Crippen LogP contribution in [0, 0.1) is 0 Å². The maximum absolute atomic E-state index is 12.1. The standard InChI is InChI=1S/C12H22N4O3/c1-4-5-13-10(17)8-15(3)9(2)11(18)16-7-6-14-12(16)19/h9H,4-8H2,1-3H3,(H,13,17)(H,14,19)/p+1/t9-/m1/s1. The summed E-state index contributed by atoms with van der Waals surface area (Å²) < 4.78 is 0. The molecule has 3 N–H and O–H groups in total. The Bertz CT molecular complexity index is 359. The van der Waals surface area contributed by atoms with Crippen molar-refractivity contribution in [3.05, 3.63) is 0 Å². The normalized spacial score (nSPS) is 17.8. The number of rotatable bonds is 6. The molecule has 0 aromatic heterocycles. The van der Waals surface area contributed by atoms with Crippen molar-refractivity contribution in [3.8, 4) is 0 Å². The highest BCUT2D eigenvalue weighted by atomic mass is 16.2. The van der Waals surface area contributed by atoms with Crippen molar-refractivity contribution in [2.45, 2.75) is 26.3 Å². The van der Waals surface area contributed by atoms with Gasteiger partial charge in [-0.3, -0.25) is 14.5 Å². The summed E-state index contributed by atoms with van der Waals surface area (Å²) in [6.07, 6.45) is 0.882. The number of urea groups is 1. The molecule has 1 aliphatic heterocycles. The Hall–Kier alpha value is -1.63. The average Bonchev–Trinajstić information content (AvgIpc) is 2.80. The summed E-state index contributed by atoms with van der Waals surface area (Å²) in [5.74, 6) is -0.319. The molecule has 108 valence electrons. The van der Waals surface area contributed by atoms with E-state index in [1.54, 1.807) is 14.0 Å². The van der Waals surface area contributed by atoms with E-state index in [2.05, 4.69) is 10.6 Å². The molecule has 0 aromatic carbocycles. The Morgan fingerprint density at radius 1 is 1.53 bits per heavy atom. The van der Waals surface area contributed by atoms with Crippen molar-refractivity contribution in [1.29, 1.82) is 0 Å². The predicted molar refractivity (Wildman–Crippen MR) is 69.6 cm³/mol. The Balaban J connectivity index is 2.47. The zero-order chi connectivity index (χ0) is 14.4. The number of nitrogens with one attached hydrogen (secondary N) is 3. The minimum Gasteiger partial charge on any atom is -0.351 e. The van der Waals surface area contributed by atoms with E-state index in [1.807, 2.05) is 6.92 Å². The van der Waals surface area contributed by atoms with Crippen LogP contribution in [0.2, 0.25) is 0 Å². The molecule has 1 rings (SSSR count). The van der Waals surface area contributed by atoms with E-state index in [0.29, 0.717) is 19.6 Å². The highest BCUT2D eigenvalue weighted by molar-refractivity contribution is 5.97. The van der Waals surface area contributed by atoms with Gasteiger partial charge in [0.25, 0.3) is 11.8 Å². The van der Waals surface area contributed by atoms with Crippen LogP contribution in [0.4, 0.5) is 4.79 Å². The van der Waals surface area contributed by atoms with Gasteiger partial charge in [0, 0.05) is 19.6 Å². The number of amides is 4. The molecular weight excluding hydrogens is 248 g/mol. The van der Waals surface area contributed by atoms with Gasteiger partial charge in [-0.05, 0) is 13.3 Å². The fourth-order valence-electron chi connectivity index (χ4n) is 1.86. The zero-order valence-corrected chi connectivity index (χ0v) is 11.8. The van der Waals surface area contributed by atoms with E-state index in [1.165, 1.54) is 4.90 Å². The second-order valence-electron chi connectivity index (χ2n) is 4.82. The predicted octanol–water partition coefficient (Wildman–Crippen LogP) is -2.03. The smallest absolute Gasteiger partial charge is 0.324 e. The fraction of sp³-hybridized carbons (Fsp3) is 0.750. The highest BCUT2D eigenvalue weighted by Gasteiger charge is 2.34. The van der Waals surface area contributed by atoms with E-state index in [9.17, 15) is 14.4 Å². The summed E-state index contributed by atoms with van der Waals surface area (Å²) >= 11 is 0. The minimum absolute atomic E-state index is 0.0788. The van der Waals surface area contributed by atoms with Crippen molar-refractivity contribution in [2.75, 3.05) is 33.2 Å². The molecule has 1 unspecified atom stereocenters. The van der Waals surface area contributed by atoms with Crippen LogP contribution in [0.25, 0.3) is 0 Å². The lowest BCUT2D eigenvalue weighted by Crippen LogP contribution is -3.15. The number of imide groups is 1. The number of quaternary nitrogens is 1. The van der Waals surface area contributed by atoms with Crippen molar-refractivity contribution >= 4 is 17.8 Å². The molecule has 7 heteroatoms. The maximum atomic E-state index is 12.1. The third kappa shape index (κ3) is 4.20. The molecule has 7 nitrogen and oxygen atoms in total. The molecule has 0 saturated carbocycles. The highest BCUT2D eigenvalue weighted by Crippen LogP contribution is 1.99. The summed E-state index contributed by atoms with van der Waals surface area (Å²) in [7, 11) is 1.78. The van der Waals surface area contributed by atoms with Gasteiger partial charge in [-0.15, -0.1) is 0 Å². The van der Waals surface area contributed by atoms with Crippen LogP contribution >= 0.6 is 0 Å². The molecular formula is C12H23N4O3+. The van der Waals surface area contributed by atoms with Gasteiger partial charge in [0.2, 0.25) is 0 Å². The Kier molecular flexibility index (Phi) is 5.75. The second kappa shape index (κ2) is 7.08. The number of likely N-dealkylation sites (N-methyl/N-ethyl adjacent to an activating group) is 1. The van der Waals surface area contributed by atoms with Crippen molar-refractivity contribution in [2.24, 2.45) is 0 Å². The minimum atomic E-state index is -0.420. The van der Waals surface area contributed by atoms with E-state index in [0.717, 1.165) is 11.3 Å². The number of hydrogen-bond acceptors (Lipinski definition) is 3. The largest absolute Gasteiger partial charge is 0.351 e. The van der Waals surface area contributed by atoms with E-state index in [-0.39, 0.29) is 24.4 Å². The van der Waals surface area contributed by atoms with Crippen LogP contribution < -0.4 is 15.5 Å². The maximum Gasteiger partial charge on any atom is 0.324 e. The van der Waals surface area contributed by atoms with Crippen molar-refractivity contribution in [3.63, 3.8) is 0 Å². The molecule has 0 aromatic rings. The van der Waals surface area contributed by atoms with Crippen LogP contribution in [0.3, 0.4) is 0 Å². The number of hydrogen-bond donors (Lipinski definition) is 3. The van der Waals surface area contributed by atoms with Gasteiger partial charge in [0.05, 0.1) is 7.05 Å². The lowest BCUT2D eigenvalue weighted by atomic mass is 10.2. The molecule has 2 atom stereocenters. The van der Waals surface area contributed by atoms with Crippen LogP contribution in [-0.2, 0) is 9.59 Å². The third-order valence-corrected chi connectivity index (χ3v) is 3.24. The van der Waals surface area contributed by atoms with Crippen LogP contribution in [0.15, 0.2) is 0 Å². The summed E-state index contributed by atoms with van der Waals surface area (Å²) in [6, 6.07) is -0.767. The van der Waals surface area contributed by atoms with Crippen LogP contribution in [-0.4, -0.2) is 62.0 Å². The summed E-state index contributed by atoms with van der Waals surface area (Å²) in [4.78, 5) is 37.1. The number of nitrogens with zero attached hydrogens (tertiary/aromatic N) is 1. The quantitative estimate of drug-likeness (QED) is 0.521. The fourth-order valence-corrected chi connectivity index (χ4v) is 1.86. The second-order valence-corrected chi connectivity index (χ2v) is 4.82. The molecule has 1 fully saturated rings. The Morgan fingerprint density at radius 2 is 2.21 bits per heavy atom. The molecule has 1 saturated heterocycles. The van der Waals surface area contributed by atoms with Gasteiger partial charge in [-0.2, -0.15) is 0 Å². The number of carbonyl (C=O) groups is 3. The SMILES string of the molecule is CCCNC(=O)C[NH+](C)[C@H](C)C(=O)N1CCNC1=O. The first-order chi connectivity index (χ1) is 8.97. The first-order valence-corrected chi connectivity index (χ1v) is 6.65. The van der Waals surface area contributed by atoms with E-state index < -0.39 is 6.04 Å². The topological polar surface area (TPSA) is 82.9 Å². The third-order valence-electron chi connectivity index (χ3n) is 3.24. The lowest BCUT2D eigenvalue weighted by Gasteiger charge is -2.23. The molecule has 0 aliphatic carbocycles. The van der Waals surface area contributed by atoms with Gasteiger partial charge < -0.3 is 15.5 Å². The van der Waals surface area contributed by atoms with Gasteiger partial charge in [0.15, 0.2) is 12.6 Å². The summed E-state index contributed by atoms with van der Waals surface area (Å²) in [5, 5.41) is 5.36. The van der Waals surface area contributed by atoms with Gasteiger partial charge in [0.1, 0.15) is 0 Å². The molecule has 19 heavy (non-hydrogen) atoms. The Labute approximate surface area is 113 Å². The average molecular weight is 271 g/mol. The number of carbonyl (C=O) groups excluding carboxylic acids is 3. The zero-order valence-electron chi connectivity index (χ0n) is 11.8. The van der Waals surface area contributed by atoms with Crippen molar-refractivity contribution in [1.82, 2.24) is 15.5 Å². The van der Waals surface area contributed by atoms with Crippen molar-refractivity contribution < 1.29 is 19.3 Å². The first kappa shape index (κ1) is 15.4. The van der Waals surface area contributed by atoms with Gasteiger partial charge in [-0.1, -0.05) is 6.92 Å². The molecule has 1 aliphatic rings. The molecule has 0 radical (unpaired) electrons. The summed E-state index contributed by atoms with van der Waals surface area (Å²) in [6.45, 7) is 5.47. The molecule has 1 heterocycles.